The third-order valence-corrected chi connectivity index (χ3v) is 4.20. The van der Waals surface area contributed by atoms with E-state index < -0.39 is 11.8 Å². The van der Waals surface area contributed by atoms with Crippen LogP contribution in [0.5, 0.6) is 5.75 Å². The zero-order chi connectivity index (χ0) is 20.5. The van der Waals surface area contributed by atoms with E-state index in [1.54, 1.807) is 42.7 Å². The summed E-state index contributed by atoms with van der Waals surface area (Å²) in [6.07, 6.45) is 3.96. The van der Waals surface area contributed by atoms with Crippen LogP contribution >= 0.6 is 0 Å². The van der Waals surface area contributed by atoms with Crippen molar-refractivity contribution in [1.29, 1.82) is 0 Å². The molecule has 3 rings (SSSR count). The Morgan fingerprint density at radius 3 is 2.24 bits per heavy atom. The number of hydrogen-bond donors (Lipinski definition) is 1. The lowest BCUT2D eigenvalue weighted by molar-refractivity contribution is -0.215. The molecule has 3 aromatic rings. The van der Waals surface area contributed by atoms with E-state index in [1.807, 2.05) is 49.4 Å². The standard InChI is InChI=1S/C23H22N2O4/c1-2-15-23(22(26)27,28-20-13-7-4-8-14-20)29-25-21(18-10-5-3-6-11-18)19-12-9-16-24-17-19/h3-14,16-17H,2,15H2,1H3,(H,26,27). The number of oxime groups is 1. The first-order chi connectivity index (χ1) is 14.1. The SMILES string of the molecule is CCCC(ON=C(c1ccccc1)c1cccnc1)(Oc1ccccc1)C(=O)O. The maximum Gasteiger partial charge on any atom is 0.392 e. The van der Waals surface area contributed by atoms with E-state index in [0.29, 0.717) is 23.4 Å². The Morgan fingerprint density at radius 2 is 1.66 bits per heavy atom. The summed E-state index contributed by atoms with van der Waals surface area (Å²) >= 11 is 0. The first kappa shape index (κ1) is 20.1. The molecule has 0 fully saturated rings. The zero-order valence-corrected chi connectivity index (χ0v) is 16.1. The van der Waals surface area contributed by atoms with Crippen molar-refractivity contribution in [3.63, 3.8) is 0 Å². The number of carbonyl (C=O) groups is 1. The quantitative estimate of drug-likeness (QED) is 0.330. The third kappa shape index (κ3) is 4.99. The fourth-order valence-corrected chi connectivity index (χ4v) is 2.80. The first-order valence-corrected chi connectivity index (χ1v) is 9.34. The van der Waals surface area contributed by atoms with E-state index in [-0.39, 0.29) is 6.42 Å². The molecule has 1 aromatic heterocycles. The van der Waals surface area contributed by atoms with Gasteiger partial charge in [0.1, 0.15) is 11.5 Å². The van der Waals surface area contributed by atoms with Crippen molar-refractivity contribution < 1.29 is 19.5 Å². The lowest BCUT2D eigenvalue weighted by Gasteiger charge is -2.27. The van der Waals surface area contributed by atoms with Gasteiger partial charge in [-0.05, 0) is 30.7 Å². The normalized spacial score (nSPS) is 13.3. The van der Waals surface area contributed by atoms with Gasteiger partial charge in [-0.25, -0.2) is 4.79 Å². The number of para-hydroxylation sites is 1. The summed E-state index contributed by atoms with van der Waals surface area (Å²) in [6, 6.07) is 21.7. The highest BCUT2D eigenvalue weighted by Crippen LogP contribution is 2.26. The summed E-state index contributed by atoms with van der Waals surface area (Å²) in [4.78, 5) is 21.9. The van der Waals surface area contributed by atoms with Crippen LogP contribution < -0.4 is 4.74 Å². The van der Waals surface area contributed by atoms with Crippen molar-refractivity contribution in [2.24, 2.45) is 5.16 Å². The second kappa shape index (κ2) is 9.50. The number of ether oxygens (including phenoxy) is 1. The molecule has 1 N–H and O–H groups in total. The molecule has 1 unspecified atom stereocenters. The number of hydrogen-bond acceptors (Lipinski definition) is 5. The van der Waals surface area contributed by atoms with Gasteiger partial charge in [0.2, 0.25) is 0 Å². The molecular weight excluding hydrogens is 368 g/mol. The number of aromatic nitrogens is 1. The molecule has 1 atom stereocenters. The van der Waals surface area contributed by atoms with Crippen LogP contribution in [0.4, 0.5) is 0 Å². The Labute approximate surface area is 169 Å². The van der Waals surface area contributed by atoms with Crippen LogP contribution in [0, 0.1) is 0 Å². The molecule has 148 valence electrons. The van der Waals surface area contributed by atoms with E-state index >= 15 is 0 Å². The molecule has 2 aromatic carbocycles. The fraction of sp³-hybridized carbons (Fsp3) is 0.174. The summed E-state index contributed by atoms with van der Waals surface area (Å²) in [5.41, 5.74) is 1.95. The van der Waals surface area contributed by atoms with E-state index in [9.17, 15) is 9.90 Å². The Balaban J connectivity index is 2.01. The number of pyridine rings is 1. The largest absolute Gasteiger partial charge is 0.475 e. The minimum Gasteiger partial charge on any atom is -0.475 e. The summed E-state index contributed by atoms with van der Waals surface area (Å²) in [7, 11) is 0. The van der Waals surface area contributed by atoms with Crippen molar-refractivity contribution in [3.05, 3.63) is 96.3 Å². The van der Waals surface area contributed by atoms with Crippen LogP contribution in [0.1, 0.15) is 30.9 Å². The molecule has 1 heterocycles. The second-order valence-corrected chi connectivity index (χ2v) is 6.36. The van der Waals surface area contributed by atoms with Gasteiger partial charge in [-0.2, -0.15) is 0 Å². The highest BCUT2D eigenvalue weighted by molar-refractivity contribution is 6.12. The Morgan fingerprint density at radius 1 is 1.00 bits per heavy atom. The van der Waals surface area contributed by atoms with Gasteiger partial charge in [0.05, 0.1) is 0 Å². The molecule has 0 saturated carbocycles. The van der Waals surface area contributed by atoms with E-state index in [2.05, 4.69) is 10.1 Å². The van der Waals surface area contributed by atoms with Crippen molar-refractivity contribution >= 4 is 11.7 Å². The van der Waals surface area contributed by atoms with Crippen molar-refractivity contribution in [1.82, 2.24) is 4.98 Å². The zero-order valence-electron chi connectivity index (χ0n) is 16.1. The van der Waals surface area contributed by atoms with Crippen molar-refractivity contribution in [3.8, 4) is 5.75 Å². The molecule has 0 bridgehead atoms. The molecule has 0 spiro atoms. The maximum absolute atomic E-state index is 12.2. The van der Waals surface area contributed by atoms with Crippen LogP contribution in [0.15, 0.2) is 90.3 Å². The molecule has 6 nitrogen and oxygen atoms in total. The van der Waals surface area contributed by atoms with Gasteiger partial charge in [0.25, 0.3) is 0 Å². The Hall–Kier alpha value is -3.67. The van der Waals surface area contributed by atoms with E-state index in [0.717, 1.165) is 5.56 Å². The fourth-order valence-electron chi connectivity index (χ4n) is 2.80. The molecule has 29 heavy (non-hydrogen) atoms. The lowest BCUT2D eigenvalue weighted by Crippen LogP contribution is -2.46. The Bertz CT molecular complexity index is 905. The van der Waals surface area contributed by atoms with Gasteiger partial charge >= 0.3 is 11.8 Å². The van der Waals surface area contributed by atoms with Gasteiger partial charge in [-0.1, -0.05) is 60.6 Å². The third-order valence-electron chi connectivity index (χ3n) is 4.20. The van der Waals surface area contributed by atoms with Gasteiger partial charge < -0.3 is 14.7 Å². The number of benzene rings is 2. The predicted octanol–water partition coefficient (Wildman–Crippen LogP) is 4.51. The second-order valence-electron chi connectivity index (χ2n) is 6.36. The minimum atomic E-state index is -1.95. The first-order valence-electron chi connectivity index (χ1n) is 9.34. The van der Waals surface area contributed by atoms with Crippen LogP contribution in [0.3, 0.4) is 0 Å². The number of rotatable bonds is 9. The van der Waals surface area contributed by atoms with Crippen LogP contribution in [0.25, 0.3) is 0 Å². The number of carboxylic acids is 1. The van der Waals surface area contributed by atoms with Crippen LogP contribution in [-0.2, 0) is 9.63 Å². The summed E-state index contributed by atoms with van der Waals surface area (Å²) in [6.45, 7) is 1.86. The predicted molar refractivity (Wildman–Crippen MR) is 110 cm³/mol. The molecule has 0 amide bonds. The summed E-state index contributed by atoms with van der Waals surface area (Å²) < 4.78 is 5.78. The smallest absolute Gasteiger partial charge is 0.392 e. The highest BCUT2D eigenvalue weighted by Gasteiger charge is 2.44. The Kier molecular flexibility index (Phi) is 6.58. The average molecular weight is 390 g/mol. The molecule has 0 aliphatic carbocycles. The molecule has 0 saturated heterocycles. The molecule has 0 aliphatic rings. The topological polar surface area (TPSA) is 81.0 Å². The number of carboxylic acid groups (broad SMARTS) is 1. The minimum absolute atomic E-state index is 0.121. The van der Waals surface area contributed by atoms with Crippen molar-refractivity contribution in [2.75, 3.05) is 0 Å². The van der Waals surface area contributed by atoms with E-state index in [4.69, 9.17) is 9.57 Å². The molecule has 0 aliphatic heterocycles. The maximum atomic E-state index is 12.2. The van der Waals surface area contributed by atoms with Crippen LogP contribution in [-0.4, -0.2) is 27.6 Å². The van der Waals surface area contributed by atoms with Crippen LogP contribution in [0.2, 0.25) is 0 Å². The monoisotopic (exact) mass is 390 g/mol. The average Bonchev–Trinajstić information content (AvgIpc) is 2.76. The van der Waals surface area contributed by atoms with Gasteiger partial charge in [-0.3, -0.25) is 4.98 Å². The summed E-state index contributed by atoms with van der Waals surface area (Å²) in [5, 5.41) is 14.2. The van der Waals surface area contributed by atoms with Gasteiger partial charge in [0, 0.05) is 29.9 Å². The van der Waals surface area contributed by atoms with Crippen molar-refractivity contribution in [2.45, 2.75) is 25.6 Å². The van der Waals surface area contributed by atoms with Gasteiger partial charge in [0.15, 0.2) is 0 Å². The molecule has 6 heteroatoms. The van der Waals surface area contributed by atoms with E-state index in [1.165, 1.54) is 0 Å². The molecular formula is C23H22N2O4. The van der Waals surface area contributed by atoms with Gasteiger partial charge in [-0.15, -0.1) is 0 Å². The summed E-state index contributed by atoms with van der Waals surface area (Å²) in [5.74, 6) is -2.80. The lowest BCUT2D eigenvalue weighted by atomic mass is 10.0. The highest BCUT2D eigenvalue weighted by atomic mass is 16.8. The number of nitrogens with zero attached hydrogens (tertiary/aromatic N) is 2. The molecule has 0 radical (unpaired) electrons. The number of aliphatic carboxylic acids is 1.